The first-order valence-corrected chi connectivity index (χ1v) is 9.15. The summed E-state index contributed by atoms with van der Waals surface area (Å²) < 4.78 is 0. The smallest absolute Gasteiger partial charge is 0.0276 e. The summed E-state index contributed by atoms with van der Waals surface area (Å²) in [6, 6.07) is 21.4. The summed E-state index contributed by atoms with van der Waals surface area (Å²) in [6.45, 7) is 9.10. The van der Waals surface area contributed by atoms with Gasteiger partial charge in [-0.15, -0.1) is 0 Å². The normalized spacial score (nSPS) is 10.5. The number of hydrogen-bond donors (Lipinski definition) is 0. The average molecular weight is 311 g/mol. The van der Waals surface area contributed by atoms with Crippen LogP contribution in [0.3, 0.4) is 0 Å². The molecule has 2 rings (SSSR count). The van der Waals surface area contributed by atoms with Crippen molar-refractivity contribution in [3.63, 3.8) is 0 Å². The van der Waals surface area contributed by atoms with Crippen molar-refractivity contribution in [2.24, 2.45) is 11.8 Å². The van der Waals surface area contributed by atoms with Crippen LogP contribution < -0.4 is 0 Å². The molecule has 0 spiro atoms. The third-order valence-corrected chi connectivity index (χ3v) is 3.94. The second-order valence-electron chi connectivity index (χ2n) is 7.19. The van der Waals surface area contributed by atoms with Crippen LogP contribution in [0.1, 0.15) is 58.1 Å². The van der Waals surface area contributed by atoms with E-state index in [2.05, 4.69) is 88.4 Å². The first-order chi connectivity index (χ1) is 11.1. The molecule has 0 bridgehead atoms. The molecule has 0 amide bonds. The predicted octanol–water partition coefficient (Wildman–Crippen LogP) is 6.94. The topological polar surface area (TPSA) is 0 Å². The number of aryl methyl sites for hydroxylation is 2. The molecule has 0 nitrogen and oxygen atoms in total. The highest BCUT2D eigenvalue weighted by Crippen LogP contribution is 2.09. The molecule has 0 saturated carbocycles. The Morgan fingerprint density at radius 3 is 1.43 bits per heavy atom. The maximum Gasteiger partial charge on any atom is -0.0276 e. The van der Waals surface area contributed by atoms with Gasteiger partial charge in [-0.25, -0.2) is 0 Å². The molecule has 0 heterocycles. The number of rotatable bonds is 7. The van der Waals surface area contributed by atoms with E-state index in [1.54, 1.807) is 0 Å². The van der Waals surface area contributed by atoms with E-state index in [4.69, 9.17) is 0 Å². The number of benzene rings is 2. The summed E-state index contributed by atoms with van der Waals surface area (Å²) in [5, 5.41) is 0. The standard InChI is InChI=1S/C12H18.C11H16/c1-11(2)7-6-10-12-8-4-3-5-9-12;1-10(2)8-9-11-6-4-3-5-7-11/h3-5,8-9,11H,6-7,10H2,1-2H3;3-7,10H,8-9H2,1-2H3. The predicted molar refractivity (Wildman–Crippen MR) is 104 cm³/mol. The van der Waals surface area contributed by atoms with Gasteiger partial charge in [-0.2, -0.15) is 0 Å². The zero-order valence-corrected chi connectivity index (χ0v) is 15.5. The van der Waals surface area contributed by atoms with Crippen molar-refractivity contribution >= 4 is 0 Å². The maximum atomic E-state index is 2.28. The molecule has 0 fully saturated rings. The third-order valence-electron chi connectivity index (χ3n) is 3.94. The van der Waals surface area contributed by atoms with Crippen LogP contribution in [0.25, 0.3) is 0 Å². The van der Waals surface area contributed by atoms with Gasteiger partial charge in [0.2, 0.25) is 0 Å². The van der Waals surface area contributed by atoms with Crippen molar-refractivity contribution in [1.82, 2.24) is 0 Å². The molecule has 2 aromatic rings. The molecule has 0 saturated heterocycles. The van der Waals surface area contributed by atoms with Gasteiger partial charge in [-0.3, -0.25) is 0 Å². The Balaban J connectivity index is 0.000000231. The molecular weight excluding hydrogens is 276 g/mol. The highest BCUT2D eigenvalue weighted by Gasteiger charge is 1.95. The van der Waals surface area contributed by atoms with E-state index in [1.165, 1.54) is 43.2 Å². The minimum Gasteiger partial charge on any atom is -0.0628 e. The molecule has 0 heteroatoms. The first-order valence-electron chi connectivity index (χ1n) is 9.15. The largest absolute Gasteiger partial charge is 0.0628 e. The lowest BCUT2D eigenvalue weighted by Crippen LogP contribution is -1.91. The molecule has 0 aromatic heterocycles. The van der Waals surface area contributed by atoms with E-state index in [0.717, 1.165) is 11.8 Å². The van der Waals surface area contributed by atoms with Crippen molar-refractivity contribution in [2.75, 3.05) is 0 Å². The summed E-state index contributed by atoms with van der Waals surface area (Å²) in [6.07, 6.45) is 6.41. The molecular formula is C23H34. The van der Waals surface area contributed by atoms with E-state index in [0.29, 0.717) is 0 Å². The lowest BCUT2D eigenvalue weighted by atomic mass is 10.0. The highest BCUT2D eigenvalue weighted by molar-refractivity contribution is 5.15. The lowest BCUT2D eigenvalue weighted by Gasteiger charge is -2.03. The van der Waals surface area contributed by atoms with Gasteiger partial charge >= 0.3 is 0 Å². The Morgan fingerprint density at radius 2 is 1.00 bits per heavy atom. The molecule has 0 N–H and O–H groups in total. The van der Waals surface area contributed by atoms with Crippen LogP contribution in [0.15, 0.2) is 60.7 Å². The van der Waals surface area contributed by atoms with Gasteiger partial charge in [0, 0.05) is 0 Å². The van der Waals surface area contributed by atoms with Crippen molar-refractivity contribution < 1.29 is 0 Å². The van der Waals surface area contributed by atoms with Crippen molar-refractivity contribution in [1.29, 1.82) is 0 Å². The molecule has 0 aliphatic carbocycles. The minimum atomic E-state index is 0.815. The molecule has 0 unspecified atom stereocenters. The summed E-state index contributed by atoms with van der Waals surface area (Å²) in [5.41, 5.74) is 2.93. The second kappa shape index (κ2) is 11.9. The van der Waals surface area contributed by atoms with E-state index >= 15 is 0 Å². The molecule has 126 valence electrons. The van der Waals surface area contributed by atoms with Crippen molar-refractivity contribution in [3.05, 3.63) is 71.8 Å². The Labute approximate surface area is 144 Å². The Morgan fingerprint density at radius 1 is 0.565 bits per heavy atom. The quantitative estimate of drug-likeness (QED) is 0.519. The molecule has 2 aromatic carbocycles. The van der Waals surface area contributed by atoms with E-state index in [1.807, 2.05) is 0 Å². The van der Waals surface area contributed by atoms with Crippen molar-refractivity contribution in [2.45, 2.75) is 59.8 Å². The fourth-order valence-electron chi connectivity index (χ4n) is 2.46. The van der Waals surface area contributed by atoms with Gasteiger partial charge in [-0.05, 0) is 48.6 Å². The minimum absolute atomic E-state index is 0.815. The zero-order valence-electron chi connectivity index (χ0n) is 15.5. The maximum absolute atomic E-state index is 2.28. The summed E-state index contributed by atoms with van der Waals surface area (Å²) in [5.74, 6) is 1.66. The SMILES string of the molecule is CC(C)CCCc1ccccc1.CC(C)CCc1ccccc1. The average Bonchev–Trinajstić information content (AvgIpc) is 2.55. The first kappa shape index (κ1) is 19.5. The van der Waals surface area contributed by atoms with Crippen molar-refractivity contribution in [3.8, 4) is 0 Å². The van der Waals surface area contributed by atoms with Crippen LogP contribution in [-0.4, -0.2) is 0 Å². The summed E-state index contributed by atoms with van der Waals surface area (Å²) in [4.78, 5) is 0. The van der Waals surface area contributed by atoms with E-state index < -0.39 is 0 Å². The van der Waals surface area contributed by atoms with Crippen LogP contribution in [0.5, 0.6) is 0 Å². The van der Waals surface area contributed by atoms with Gasteiger partial charge in [0.25, 0.3) is 0 Å². The Bertz CT molecular complexity index is 482. The summed E-state index contributed by atoms with van der Waals surface area (Å²) in [7, 11) is 0. The molecule has 0 atom stereocenters. The van der Waals surface area contributed by atoms with Gasteiger partial charge in [0.1, 0.15) is 0 Å². The van der Waals surface area contributed by atoms with E-state index in [-0.39, 0.29) is 0 Å². The van der Waals surface area contributed by atoms with Crippen LogP contribution in [0.2, 0.25) is 0 Å². The fourth-order valence-corrected chi connectivity index (χ4v) is 2.46. The third kappa shape index (κ3) is 10.7. The highest BCUT2D eigenvalue weighted by atomic mass is 14.0. The van der Waals surface area contributed by atoms with Crippen LogP contribution in [0.4, 0.5) is 0 Å². The van der Waals surface area contributed by atoms with Crippen LogP contribution in [0, 0.1) is 11.8 Å². The van der Waals surface area contributed by atoms with Crippen LogP contribution >= 0.6 is 0 Å². The van der Waals surface area contributed by atoms with Gasteiger partial charge in [0.05, 0.1) is 0 Å². The van der Waals surface area contributed by atoms with Crippen LogP contribution in [-0.2, 0) is 12.8 Å². The van der Waals surface area contributed by atoms with Gasteiger partial charge < -0.3 is 0 Å². The number of hydrogen-bond acceptors (Lipinski definition) is 0. The fraction of sp³-hybridized carbons (Fsp3) is 0.478. The second-order valence-corrected chi connectivity index (χ2v) is 7.19. The lowest BCUT2D eigenvalue weighted by molar-refractivity contribution is 0.556. The molecule has 0 aliphatic heterocycles. The zero-order chi connectivity index (χ0) is 16.9. The summed E-state index contributed by atoms with van der Waals surface area (Å²) >= 11 is 0. The molecule has 0 aliphatic rings. The Hall–Kier alpha value is -1.56. The monoisotopic (exact) mass is 310 g/mol. The molecule has 23 heavy (non-hydrogen) atoms. The molecule has 0 radical (unpaired) electrons. The van der Waals surface area contributed by atoms with Gasteiger partial charge in [-0.1, -0.05) is 94.8 Å². The van der Waals surface area contributed by atoms with Gasteiger partial charge in [0.15, 0.2) is 0 Å². The van der Waals surface area contributed by atoms with E-state index in [9.17, 15) is 0 Å². The Kier molecular flexibility index (Phi) is 10.1.